The topological polar surface area (TPSA) is 92.0 Å². The second kappa shape index (κ2) is 12.4. The summed E-state index contributed by atoms with van der Waals surface area (Å²) >= 11 is 0. The number of nitrogens with zero attached hydrogens (tertiary/aromatic N) is 7. The Hall–Kier alpha value is -3.78. The zero-order valence-electron chi connectivity index (χ0n) is 24.1. The fraction of sp³-hybridized carbons (Fsp3) is 0.452. The van der Waals surface area contributed by atoms with Gasteiger partial charge in [-0.1, -0.05) is 36.9 Å². The minimum absolute atomic E-state index is 0.147. The molecule has 1 fully saturated rings. The third kappa shape index (κ3) is 6.12. The van der Waals surface area contributed by atoms with Gasteiger partial charge in [0.05, 0.1) is 24.7 Å². The van der Waals surface area contributed by atoms with E-state index in [0.29, 0.717) is 38.8 Å². The molecule has 1 N–H and O–H groups in total. The number of halogens is 1. The van der Waals surface area contributed by atoms with Crippen LogP contribution in [-0.2, 0) is 13.0 Å². The number of likely N-dealkylation sites (N-methyl/N-ethyl adjacent to an activating group) is 1. The summed E-state index contributed by atoms with van der Waals surface area (Å²) < 4.78 is 19.9. The summed E-state index contributed by atoms with van der Waals surface area (Å²) in [4.78, 5) is 17.9. The number of hydrogen-bond donors (Lipinski definition) is 1. The summed E-state index contributed by atoms with van der Waals surface area (Å²) in [7, 11) is 3.98. The highest BCUT2D eigenvalue weighted by atomic mass is 19.1. The van der Waals surface area contributed by atoms with Gasteiger partial charge in [-0.2, -0.15) is 15.2 Å². The molecule has 0 radical (unpaired) electrons. The third-order valence-corrected chi connectivity index (χ3v) is 7.97. The lowest BCUT2D eigenvalue weighted by atomic mass is 9.99. The van der Waals surface area contributed by atoms with Crippen molar-refractivity contribution in [3.05, 3.63) is 65.6 Å². The van der Waals surface area contributed by atoms with Crippen LogP contribution in [0.1, 0.15) is 23.2 Å². The average Bonchev–Trinajstić information content (AvgIpc) is 2.96. The Morgan fingerprint density at radius 3 is 2.71 bits per heavy atom. The maximum absolute atomic E-state index is 13.8. The standard InChI is InChI=1S/C31H38FN7O2/c1-21-7-5-8-23-9-6-10-27(28(21)23)37-14-12-25-26(20-37)34-31(41-18-17-36(3)4)35-29(25)38-15-16-39(30(40)22(2)32)24(19-38)11-13-33/h5-10,24,30,40H,2,11-12,14-20H2,1,3-4H3/t24-,30?/m0/s1. The predicted molar refractivity (Wildman–Crippen MR) is 159 cm³/mol. The normalized spacial score (nSPS) is 18.3. The molecule has 3 heterocycles. The first kappa shape index (κ1) is 28.7. The van der Waals surface area contributed by atoms with Gasteiger partial charge in [0.1, 0.15) is 18.3 Å². The van der Waals surface area contributed by atoms with E-state index in [4.69, 9.17) is 14.7 Å². The molecule has 5 rings (SSSR count). The fourth-order valence-electron chi connectivity index (χ4n) is 5.86. The smallest absolute Gasteiger partial charge is 0.318 e. The molecule has 41 heavy (non-hydrogen) atoms. The summed E-state index contributed by atoms with van der Waals surface area (Å²) in [5.74, 6) is -0.0269. The van der Waals surface area contributed by atoms with Crippen LogP contribution in [0.4, 0.5) is 15.9 Å². The Morgan fingerprint density at radius 2 is 1.98 bits per heavy atom. The molecule has 2 aliphatic rings. The van der Waals surface area contributed by atoms with Gasteiger partial charge in [0.25, 0.3) is 0 Å². The number of ether oxygens (including phenoxy) is 1. The number of piperazine rings is 1. The van der Waals surface area contributed by atoms with Crippen LogP contribution in [0, 0.1) is 18.3 Å². The van der Waals surface area contributed by atoms with E-state index in [1.807, 2.05) is 19.0 Å². The van der Waals surface area contributed by atoms with E-state index in [9.17, 15) is 14.8 Å². The lowest BCUT2D eigenvalue weighted by Gasteiger charge is -2.43. The average molecular weight is 560 g/mol. The number of nitriles is 1. The highest BCUT2D eigenvalue weighted by molar-refractivity contribution is 5.97. The first-order chi connectivity index (χ1) is 19.8. The minimum Gasteiger partial charge on any atom is -0.462 e. The van der Waals surface area contributed by atoms with Crippen molar-refractivity contribution in [2.75, 3.05) is 63.2 Å². The van der Waals surface area contributed by atoms with E-state index in [-0.39, 0.29) is 12.5 Å². The number of rotatable bonds is 9. The second-order valence-corrected chi connectivity index (χ2v) is 11.0. The lowest BCUT2D eigenvalue weighted by molar-refractivity contribution is -0.0167. The number of anilines is 2. The maximum Gasteiger partial charge on any atom is 0.318 e. The van der Waals surface area contributed by atoms with Gasteiger partial charge >= 0.3 is 6.01 Å². The Kier molecular flexibility index (Phi) is 8.68. The monoisotopic (exact) mass is 559 g/mol. The van der Waals surface area contributed by atoms with Crippen LogP contribution in [0.25, 0.3) is 10.8 Å². The first-order valence-electron chi connectivity index (χ1n) is 14.1. The number of aromatic nitrogens is 2. The van der Waals surface area contributed by atoms with E-state index in [0.717, 1.165) is 36.6 Å². The van der Waals surface area contributed by atoms with E-state index in [2.05, 4.69) is 65.8 Å². The number of aryl methyl sites for hydroxylation is 1. The largest absolute Gasteiger partial charge is 0.462 e. The highest BCUT2D eigenvalue weighted by Gasteiger charge is 2.35. The van der Waals surface area contributed by atoms with Crippen molar-refractivity contribution in [1.82, 2.24) is 19.8 Å². The number of aliphatic hydroxyl groups is 1. The molecule has 1 saturated heterocycles. The summed E-state index contributed by atoms with van der Waals surface area (Å²) in [6, 6.07) is 14.9. The van der Waals surface area contributed by atoms with Gasteiger partial charge in [-0.3, -0.25) is 4.90 Å². The van der Waals surface area contributed by atoms with Crippen LogP contribution in [0.3, 0.4) is 0 Å². The number of benzene rings is 2. The molecule has 0 aliphatic carbocycles. The Morgan fingerprint density at radius 1 is 1.20 bits per heavy atom. The molecular weight excluding hydrogens is 521 g/mol. The van der Waals surface area contributed by atoms with E-state index < -0.39 is 12.1 Å². The Balaban J connectivity index is 1.49. The molecule has 2 aromatic carbocycles. The Labute approximate surface area is 241 Å². The Bertz CT molecular complexity index is 1450. The van der Waals surface area contributed by atoms with Gasteiger partial charge in [-0.05, 0) is 44.5 Å². The molecule has 0 saturated carbocycles. The molecular formula is C31H38FN7O2. The molecule has 0 amide bonds. The van der Waals surface area contributed by atoms with Gasteiger partial charge in [0.15, 0.2) is 6.23 Å². The minimum atomic E-state index is -1.43. The van der Waals surface area contributed by atoms with E-state index in [1.165, 1.54) is 22.0 Å². The van der Waals surface area contributed by atoms with E-state index in [1.54, 1.807) is 4.90 Å². The molecule has 1 unspecified atom stereocenters. The van der Waals surface area contributed by atoms with E-state index >= 15 is 0 Å². The molecule has 1 aromatic heterocycles. The van der Waals surface area contributed by atoms with Crippen LogP contribution in [0.2, 0.25) is 0 Å². The predicted octanol–water partition coefficient (Wildman–Crippen LogP) is 3.65. The van der Waals surface area contributed by atoms with Gasteiger partial charge in [0, 0.05) is 55.4 Å². The lowest BCUT2D eigenvalue weighted by Crippen LogP contribution is -2.57. The molecule has 216 valence electrons. The SMILES string of the molecule is C=C(F)C(O)N1CCN(c2nc(OCCN(C)C)nc3c2CCN(c2cccc4cccc(C)c24)C3)C[C@@H]1CC#N. The van der Waals surface area contributed by atoms with Crippen LogP contribution >= 0.6 is 0 Å². The van der Waals surface area contributed by atoms with Crippen molar-refractivity contribution >= 4 is 22.3 Å². The van der Waals surface area contributed by atoms with Crippen molar-refractivity contribution in [3.63, 3.8) is 0 Å². The number of aliphatic hydroxyl groups excluding tert-OH is 1. The molecule has 2 atom stereocenters. The van der Waals surface area contributed by atoms with Crippen molar-refractivity contribution in [3.8, 4) is 12.1 Å². The van der Waals surface area contributed by atoms with Crippen LogP contribution in [0.5, 0.6) is 6.01 Å². The molecule has 2 aliphatic heterocycles. The number of hydrogen-bond acceptors (Lipinski definition) is 9. The zero-order chi connectivity index (χ0) is 29.1. The summed E-state index contributed by atoms with van der Waals surface area (Å²) in [6.45, 7) is 9.32. The number of fused-ring (bicyclic) bond motifs is 2. The molecule has 3 aromatic rings. The van der Waals surface area contributed by atoms with Crippen LogP contribution < -0.4 is 14.5 Å². The van der Waals surface area contributed by atoms with Crippen molar-refractivity contribution in [2.45, 2.75) is 38.6 Å². The van der Waals surface area contributed by atoms with Gasteiger partial charge < -0.3 is 24.5 Å². The summed E-state index contributed by atoms with van der Waals surface area (Å²) in [5, 5.41) is 22.3. The van der Waals surface area contributed by atoms with Crippen LogP contribution in [0.15, 0.2) is 48.8 Å². The summed E-state index contributed by atoms with van der Waals surface area (Å²) in [6.07, 6.45) is -0.538. The van der Waals surface area contributed by atoms with Crippen molar-refractivity contribution in [2.24, 2.45) is 0 Å². The van der Waals surface area contributed by atoms with Gasteiger partial charge in [0.2, 0.25) is 0 Å². The maximum atomic E-state index is 13.8. The quantitative estimate of drug-likeness (QED) is 0.422. The van der Waals surface area contributed by atoms with Crippen molar-refractivity contribution in [1.29, 1.82) is 5.26 Å². The molecule has 9 nitrogen and oxygen atoms in total. The summed E-state index contributed by atoms with van der Waals surface area (Å²) in [5.41, 5.74) is 4.41. The third-order valence-electron chi connectivity index (χ3n) is 7.97. The van der Waals surface area contributed by atoms with Gasteiger partial charge in [-0.15, -0.1) is 0 Å². The fourth-order valence-corrected chi connectivity index (χ4v) is 5.86. The highest BCUT2D eigenvalue weighted by Crippen LogP contribution is 2.36. The van der Waals surface area contributed by atoms with Crippen molar-refractivity contribution < 1.29 is 14.2 Å². The van der Waals surface area contributed by atoms with Crippen LogP contribution in [-0.4, -0.2) is 90.6 Å². The van der Waals surface area contributed by atoms with Gasteiger partial charge in [-0.25, -0.2) is 4.39 Å². The first-order valence-corrected chi connectivity index (χ1v) is 14.1. The second-order valence-electron chi connectivity index (χ2n) is 11.0. The molecule has 10 heteroatoms. The molecule has 0 bridgehead atoms. The molecule has 0 spiro atoms. The zero-order valence-corrected chi connectivity index (χ0v) is 24.1.